The summed E-state index contributed by atoms with van der Waals surface area (Å²) in [7, 11) is 0. The van der Waals surface area contributed by atoms with Gasteiger partial charge in [-0.25, -0.2) is 0 Å². The van der Waals surface area contributed by atoms with E-state index in [2.05, 4.69) is 35.0 Å². The molecule has 3 heteroatoms. The zero-order valence-electron chi connectivity index (χ0n) is 6.96. The highest BCUT2D eigenvalue weighted by Crippen LogP contribution is 2.23. The second-order valence-corrected chi connectivity index (χ2v) is 4.75. The number of rotatable bonds is 3. The molecule has 0 aliphatic carbocycles. The van der Waals surface area contributed by atoms with Crippen LogP contribution in [0.3, 0.4) is 0 Å². The molecule has 66 valence electrons. The summed E-state index contributed by atoms with van der Waals surface area (Å²) in [5.74, 6) is 0. The third-order valence-corrected chi connectivity index (χ3v) is 3.21. The van der Waals surface area contributed by atoms with Crippen molar-refractivity contribution in [1.29, 1.82) is 0 Å². The Bertz CT molecular complexity index is 235. The van der Waals surface area contributed by atoms with E-state index < -0.39 is 0 Å². The van der Waals surface area contributed by atoms with Gasteiger partial charge in [0.2, 0.25) is 0 Å². The summed E-state index contributed by atoms with van der Waals surface area (Å²) in [5.41, 5.74) is 5.79. The molecule has 0 saturated heterocycles. The van der Waals surface area contributed by atoms with Gasteiger partial charge in [0.05, 0.1) is 5.37 Å². The quantitative estimate of drug-likeness (QED) is 0.654. The molecule has 1 atom stereocenters. The molecule has 0 bridgehead atoms. The first-order chi connectivity index (χ1) is 5.72. The maximum Gasteiger partial charge on any atom is 0.0551 e. The van der Waals surface area contributed by atoms with Crippen LogP contribution in [0.5, 0.6) is 0 Å². The van der Waals surface area contributed by atoms with Gasteiger partial charge < -0.3 is 5.73 Å². The highest BCUT2D eigenvalue weighted by atomic mass is 79.9. The van der Waals surface area contributed by atoms with Crippen molar-refractivity contribution in [3.05, 3.63) is 28.7 Å². The smallest absolute Gasteiger partial charge is 0.0551 e. The first-order valence-electron chi connectivity index (χ1n) is 3.90. The molecule has 0 amide bonds. The summed E-state index contributed by atoms with van der Waals surface area (Å²) in [5, 5.41) is 0.214. The second-order valence-electron chi connectivity index (χ2n) is 2.52. The molecule has 1 rings (SSSR count). The van der Waals surface area contributed by atoms with E-state index in [1.807, 2.05) is 12.1 Å². The highest BCUT2D eigenvalue weighted by molar-refractivity contribution is 9.10. The largest absolute Gasteiger partial charge is 0.319 e. The lowest BCUT2D eigenvalue weighted by Crippen LogP contribution is -2.12. The van der Waals surface area contributed by atoms with Gasteiger partial charge in [-0.2, -0.15) is 0 Å². The molecular weight excluding hydrogens is 234 g/mol. The summed E-state index contributed by atoms with van der Waals surface area (Å²) in [6.07, 6.45) is 1.00. The molecule has 1 aromatic carbocycles. The monoisotopic (exact) mass is 245 g/mol. The van der Waals surface area contributed by atoms with E-state index in [0.29, 0.717) is 0 Å². The standard InChI is InChI=1S/C9H12BrNS/c1-2-9(11)12-8-5-3-7(10)4-6-8/h3-6,9H,2,11H2,1H3. The van der Waals surface area contributed by atoms with Crippen LogP contribution in [0.1, 0.15) is 13.3 Å². The molecule has 0 aliphatic rings. The van der Waals surface area contributed by atoms with Crippen LogP contribution in [0.4, 0.5) is 0 Å². The molecule has 0 fully saturated rings. The number of halogens is 1. The summed E-state index contributed by atoms with van der Waals surface area (Å²) >= 11 is 5.10. The van der Waals surface area contributed by atoms with Gasteiger partial charge in [-0.1, -0.05) is 22.9 Å². The van der Waals surface area contributed by atoms with Crippen molar-refractivity contribution in [3.63, 3.8) is 0 Å². The topological polar surface area (TPSA) is 26.0 Å². The number of hydrogen-bond donors (Lipinski definition) is 1. The average molecular weight is 246 g/mol. The van der Waals surface area contributed by atoms with Crippen LogP contribution >= 0.6 is 27.7 Å². The van der Waals surface area contributed by atoms with E-state index in [4.69, 9.17) is 5.73 Å². The number of benzene rings is 1. The number of hydrogen-bond acceptors (Lipinski definition) is 2. The predicted molar refractivity (Wildman–Crippen MR) is 58.3 cm³/mol. The molecule has 12 heavy (non-hydrogen) atoms. The zero-order valence-corrected chi connectivity index (χ0v) is 9.36. The lowest BCUT2D eigenvalue weighted by Gasteiger charge is -2.07. The van der Waals surface area contributed by atoms with Crippen molar-refractivity contribution in [2.75, 3.05) is 0 Å². The maximum atomic E-state index is 5.79. The molecule has 1 aromatic rings. The molecule has 0 radical (unpaired) electrons. The molecular formula is C9H12BrNS. The van der Waals surface area contributed by atoms with Gasteiger partial charge in [-0.15, -0.1) is 11.8 Å². The van der Waals surface area contributed by atoms with Gasteiger partial charge in [0.1, 0.15) is 0 Å². The van der Waals surface area contributed by atoms with Crippen LogP contribution in [0, 0.1) is 0 Å². The fourth-order valence-corrected chi connectivity index (χ4v) is 1.85. The Morgan fingerprint density at radius 1 is 1.42 bits per heavy atom. The van der Waals surface area contributed by atoms with E-state index >= 15 is 0 Å². The van der Waals surface area contributed by atoms with Crippen LogP contribution in [-0.2, 0) is 0 Å². The third kappa shape index (κ3) is 3.17. The first kappa shape index (κ1) is 10.1. The first-order valence-corrected chi connectivity index (χ1v) is 5.57. The summed E-state index contributed by atoms with van der Waals surface area (Å²) in [4.78, 5) is 1.23. The summed E-state index contributed by atoms with van der Waals surface area (Å²) in [6.45, 7) is 2.09. The van der Waals surface area contributed by atoms with Gasteiger partial charge in [-0.3, -0.25) is 0 Å². The van der Waals surface area contributed by atoms with Crippen molar-refractivity contribution < 1.29 is 0 Å². The molecule has 0 spiro atoms. The summed E-state index contributed by atoms with van der Waals surface area (Å²) < 4.78 is 1.11. The fraction of sp³-hybridized carbons (Fsp3) is 0.333. The van der Waals surface area contributed by atoms with Crippen LogP contribution in [0.15, 0.2) is 33.6 Å². The molecule has 0 aromatic heterocycles. The molecule has 1 nitrogen and oxygen atoms in total. The Balaban J connectivity index is 2.58. The Kier molecular flexibility index (Phi) is 4.12. The van der Waals surface area contributed by atoms with E-state index in [0.717, 1.165) is 10.9 Å². The van der Waals surface area contributed by atoms with Gasteiger partial charge in [-0.05, 0) is 30.7 Å². The van der Waals surface area contributed by atoms with Gasteiger partial charge in [0, 0.05) is 9.37 Å². The molecule has 2 N–H and O–H groups in total. The van der Waals surface area contributed by atoms with Crippen molar-refractivity contribution >= 4 is 27.7 Å². The Hall–Kier alpha value is 0.01000. The van der Waals surface area contributed by atoms with E-state index in [-0.39, 0.29) is 5.37 Å². The zero-order chi connectivity index (χ0) is 8.97. The van der Waals surface area contributed by atoms with E-state index in [9.17, 15) is 0 Å². The van der Waals surface area contributed by atoms with Crippen LogP contribution in [0.25, 0.3) is 0 Å². The predicted octanol–water partition coefficient (Wildman–Crippen LogP) is 3.24. The SMILES string of the molecule is CCC(N)Sc1ccc(Br)cc1. The Morgan fingerprint density at radius 2 is 2.00 bits per heavy atom. The minimum Gasteiger partial charge on any atom is -0.319 e. The normalized spacial score (nSPS) is 12.9. The van der Waals surface area contributed by atoms with Gasteiger partial charge in [0.25, 0.3) is 0 Å². The number of nitrogens with two attached hydrogens (primary N) is 1. The molecule has 1 unspecified atom stereocenters. The van der Waals surface area contributed by atoms with Crippen LogP contribution in [-0.4, -0.2) is 5.37 Å². The third-order valence-electron chi connectivity index (χ3n) is 1.50. The van der Waals surface area contributed by atoms with Crippen molar-refractivity contribution in [3.8, 4) is 0 Å². The summed E-state index contributed by atoms with van der Waals surface area (Å²) in [6, 6.07) is 8.21. The second kappa shape index (κ2) is 4.90. The van der Waals surface area contributed by atoms with Crippen molar-refractivity contribution in [2.45, 2.75) is 23.6 Å². The lowest BCUT2D eigenvalue weighted by molar-refractivity contribution is 0.868. The van der Waals surface area contributed by atoms with Gasteiger partial charge >= 0.3 is 0 Å². The molecule has 0 heterocycles. The number of thioether (sulfide) groups is 1. The highest BCUT2D eigenvalue weighted by Gasteiger charge is 2.00. The van der Waals surface area contributed by atoms with Crippen molar-refractivity contribution in [2.24, 2.45) is 5.73 Å². The minimum absolute atomic E-state index is 0.214. The maximum absolute atomic E-state index is 5.79. The lowest BCUT2D eigenvalue weighted by atomic mass is 10.4. The Labute approximate surface area is 85.9 Å². The Morgan fingerprint density at radius 3 is 2.50 bits per heavy atom. The minimum atomic E-state index is 0.214. The van der Waals surface area contributed by atoms with E-state index in [1.165, 1.54) is 4.90 Å². The van der Waals surface area contributed by atoms with E-state index in [1.54, 1.807) is 11.8 Å². The van der Waals surface area contributed by atoms with Crippen LogP contribution in [0.2, 0.25) is 0 Å². The van der Waals surface area contributed by atoms with Crippen LogP contribution < -0.4 is 5.73 Å². The average Bonchev–Trinajstić information content (AvgIpc) is 2.09. The fourth-order valence-electron chi connectivity index (χ4n) is 0.771. The van der Waals surface area contributed by atoms with Crippen molar-refractivity contribution in [1.82, 2.24) is 0 Å². The molecule has 0 aliphatic heterocycles. The van der Waals surface area contributed by atoms with Gasteiger partial charge in [0.15, 0.2) is 0 Å². The molecule has 0 saturated carbocycles.